The molecule has 0 saturated heterocycles. The second-order valence-corrected chi connectivity index (χ2v) is 10.0. The number of benzene rings is 1. The predicted molar refractivity (Wildman–Crippen MR) is 129 cm³/mol. The number of tetrazole rings is 1. The SMILES string of the molecule is O=C(CCSCc1nc2sc3c(c2c(=O)[nH]1)CCCC3)NCc1nnnn1-c1ccccc1. The van der Waals surface area contributed by atoms with Crippen LogP contribution in [0.25, 0.3) is 15.9 Å². The fourth-order valence-corrected chi connectivity index (χ4v) is 6.05. The molecule has 0 spiro atoms. The summed E-state index contributed by atoms with van der Waals surface area (Å²) in [5.74, 6) is 2.34. The molecule has 33 heavy (non-hydrogen) atoms. The highest BCUT2D eigenvalue weighted by Crippen LogP contribution is 2.33. The summed E-state index contributed by atoms with van der Waals surface area (Å²) >= 11 is 3.23. The number of rotatable bonds is 8. The number of fused-ring (bicyclic) bond motifs is 3. The molecule has 4 aromatic rings. The first-order valence-electron chi connectivity index (χ1n) is 10.9. The summed E-state index contributed by atoms with van der Waals surface area (Å²) in [7, 11) is 0. The number of thioether (sulfide) groups is 1. The Morgan fingerprint density at radius 1 is 1.21 bits per heavy atom. The Labute approximate surface area is 198 Å². The van der Waals surface area contributed by atoms with Crippen LogP contribution in [0.4, 0.5) is 0 Å². The van der Waals surface area contributed by atoms with E-state index >= 15 is 0 Å². The van der Waals surface area contributed by atoms with Crippen LogP contribution in [0.3, 0.4) is 0 Å². The normalized spacial score (nSPS) is 13.2. The summed E-state index contributed by atoms with van der Waals surface area (Å²) in [6, 6.07) is 9.54. The lowest BCUT2D eigenvalue weighted by atomic mass is 9.97. The highest BCUT2D eigenvalue weighted by Gasteiger charge is 2.19. The van der Waals surface area contributed by atoms with Gasteiger partial charge in [-0.05, 0) is 53.8 Å². The van der Waals surface area contributed by atoms with Gasteiger partial charge in [-0.3, -0.25) is 9.59 Å². The fraction of sp³-hybridized carbons (Fsp3) is 0.364. The molecular formula is C22H23N7O2S2. The number of thiophene rings is 1. The van der Waals surface area contributed by atoms with E-state index in [4.69, 9.17) is 0 Å². The smallest absolute Gasteiger partial charge is 0.259 e. The highest BCUT2D eigenvalue weighted by atomic mass is 32.2. The van der Waals surface area contributed by atoms with E-state index in [1.165, 1.54) is 16.9 Å². The van der Waals surface area contributed by atoms with Gasteiger partial charge in [0, 0.05) is 17.1 Å². The molecule has 3 aromatic heterocycles. The Bertz CT molecular complexity index is 1330. The van der Waals surface area contributed by atoms with Crippen molar-refractivity contribution in [3.05, 3.63) is 62.8 Å². The number of hydrogen-bond acceptors (Lipinski definition) is 8. The number of aryl methyl sites for hydroxylation is 2. The molecule has 0 saturated carbocycles. The van der Waals surface area contributed by atoms with E-state index in [0.29, 0.717) is 29.6 Å². The van der Waals surface area contributed by atoms with E-state index in [2.05, 4.69) is 30.8 Å². The van der Waals surface area contributed by atoms with Gasteiger partial charge < -0.3 is 10.3 Å². The topological polar surface area (TPSA) is 118 Å². The van der Waals surface area contributed by atoms with Crippen LogP contribution in [-0.4, -0.2) is 41.8 Å². The maximum absolute atomic E-state index is 12.6. The van der Waals surface area contributed by atoms with Gasteiger partial charge in [-0.15, -0.1) is 16.4 Å². The molecule has 1 amide bonds. The summed E-state index contributed by atoms with van der Waals surface area (Å²) in [4.78, 5) is 34.7. The second-order valence-electron chi connectivity index (χ2n) is 7.83. The van der Waals surface area contributed by atoms with E-state index < -0.39 is 0 Å². The molecule has 5 rings (SSSR count). The standard InChI is InChI=1S/C22H23N7O2S2/c30-19(23-12-18-26-27-28-29(18)14-6-2-1-3-7-14)10-11-32-13-17-24-21(31)20-15-8-4-5-9-16(15)33-22(20)25-17/h1-3,6-7H,4-5,8-13H2,(H,23,30)(H,24,25,31). The third kappa shape index (κ3) is 4.83. The number of carbonyl (C=O) groups excluding carboxylic acids is 1. The molecule has 0 radical (unpaired) electrons. The van der Waals surface area contributed by atoms with Crippen LogP contribution in [-0.2, 0) is 29.9 Å². The van der Waals surface area contributed by atoms with Gasteiger partial charge in [0.05, 0.1) is 23.4 Å². The van der Waals surface area contributed by atoms with Crippen molar-refractivity contribution >= 4 is 39.2 Å². The minimum Gasteiger partial charge on any atom is -0.349 e. The molecule has 0 aliphatic heterocycles. The van der Waals surface area contributed by atoms with Gasteiger partial charge in [0.1, 0.15) is 10.7 Å². The van der Waals surface area contributed by atoms with Crippen LogP contribution < -0.4 is 10.9 Å². The quantitative estimate of drug-likeness (QED) is 0.372. The second kappa shape index (κ2) is 9.84. The molecule has 0 unspecified atom stereocenters. The third-order valence-electron chi connectivity index (χ3n) is 5.56. The Morgan fingerprint density at radius 2 is 2.06 bits per heavy atom. The summed E-state index contributed by atoms with van der Waals surface area (Å²) in [6.45, 7) is 0.250. The number of hydrogen-bond donors (Lipinski definition) is 2. The van der Waals surface area contributed by atoms with Crippen LogP contribution >= 0.6 is 23.1 Å². The number of nitrogens with one attached hydrogen (secondary N) is 2. The van der Waals surface area contributed by atoms with Crippen molar-refractivity contribution in [2.45, 2.75) is 44.4 Å². The van der Waals surface area contributed by atoms with Gasteiger partial charge in [0.15, 0.2) is 5.82 Å². The van der Waals surface area contributed by atoms with Crippen molar-refractivity contribution < 1.29 is 4.79 Å². The van der Waals surface area contributed by atoms with Crippen molar-refractivity contribution in [1.29, 1.82) is 0 Å². The predicted octanol–water partition coefficient (Wildman–Crippen LogP) is 2.78. The van der Waals surface area contributed by atoms with Crippen molar-refractivity contribution in [2.24, 2.45) is 0 Å². The first-order chi connectivity index (χ1) is 16.2. The molecule has 0 bridgehead atoms. The summed E-state index contributed by atoms with van der Waals surface area (Å²) in [6.07, 6.45) is 4.70. The van der Waals surface area contributed by atoms with Gasteiger partial charge in [0.2, 0.25) is 5.91 Å². The maximum atomic E-state index is 12.6. The van der Waals surface area contributed by atoms with Crippen LogP contribution in [0, 0.1) is 0 Å². The molecule has 1 aliphatic rings. The number of nitrogens with zero attached hydrogens (tertiary/aromatic N) is 5. The zero-order chi connectivity index (χ0) is 22.6. The molecule has 2 N–H and O–H groups in total. The number of amides is 1. The number of H-pyrrole nitrogens is 1. The third-order valence-corrected chi connectivity index (χ3v) is 7.72. The van der Waals surface area contributed by atoms with Gasteiger partial charge in [-0.2, -0.15) is 16.4 Å². The lowest BCUT2D eigenvalue weighted by molar-refractivity contribution is -0.120. The van der Waals surface area contributed by atoms with Crippen molar-refractivity contribution in [3.63, 3.8) is 0 Å². The minimum atomic E-state index is -0.0760. The lowest BCUT2D eigenvalue weighted by Crippen LogP contribution is -2.25. The van der Waals surface area contributed by atoms with Gasteiger partial charge >= 0.3 is 0 Å². The summed E-state index contributed by atoms with van der Waals surface area (Å²) in [5.41, 5.74) is 2.00. The zero-order valence-electron chi connectivity index (χ0n) is 17.9. The number of aromatic nitrogens is 6. The molecule has 0 atom stereocenters. The Hall–Kier alpha value is -3.05. The fourth-order valence-electron chi connectivity index (χ4n) is 3.96. The van der Waals surface area contributed by atoms with E-state index in [0.717, 1.165) is 35.2 Å². The van der Waals surface area contributed by atoms with Crippen LogP contribution in [0.2, 0.25) is 0 Å². The molecule has 1 aromatic carbocycles. The number of para-hydroxylation sites is 1. The monoisotopic (exact) mass is 481 g/mol. The molecule has 0 fully saturated rings. The largest absolute Gasteiger partial charge is 0.349 e. The average Bonchev–Trinajstić information content (AvgIpc) is 3.45. The van der Waals surface area contributed by atoms with Crippen molar-refractivity contribution in [2.75, 3.05) is 5.75 Å². The zero-order valence-corrected chi connectivity index (χ0v) is 19.5. The number of carbonyl (C=O) groups is 1. The Morgan fingerprint density at radius 3 is 2.94 bits per heavy atom. The van der Waals surface area contributed by atoms with Crippen molar-refractivity contribution in [1.82, 2.24) is 35.5 Å². The molecule has 9 nitrogen and oxygen atoms in total. The number of aromatic amines is 1. The van der Waals surface area contributed by atoms with E-state index in [1.807, 2.05) is 30.3 Å². The summed E-state index contributed by atoms with van der Waals surface area (Å²) < 4.78 is 1.61. The summed E-state index contributed by atoms with van der Waals surface area (Å²) in [5, 5.41) is 15.3. The lowest BCUT2D eigenvalue weighted by Gasteiger charge is -2.09. The molecular weight excluding hydrogens is 458 g/mol. The Balaban J connectivity index is 1.12. The molecule has 1 aliphatic carbocycles. The molecule has 3 heterocycles. The van der Waals surface area contributed by atoms with Crippen molar-refractivity contribution in [3.8, 4) is 5.69 Å². The molecule has 170 valence electrons. The van der Waals surface area contributed by atoms with Crippen LogP contribution in [0.5, 0.6) is 0 Å². The minimum absolute atomic E-state index is 0.0381. The first-order valence-corrected chi connectivity index (χ1v) is 12.9. The van der Waals surface area contributed by atoms with E-state index in [-0.39, 0.29) is 18.0 Å². The van der Waals surface area contributed by atoms with Crippen LogP contribution in [0.15, 0.2) is 35.1 Å². The average molecular weight is 482 g/mol. The van der Waals surface area contributed by atoms with Crippen LogP contribution in [0.1, 0.15) is 41.4 Å². The van der Waals surface area contributed by atoms with Gasteiger partial charge in [0.25, 0.3) is 5.56 Å². The first kappa shape index (κ1) is 21.8. The molecule has 11 heteroatoms. The highest BCUT2D eigenvalue weighted by molar-refractivity contribution is 7.98. The van der Waals surface area contributed by atoms with E-state index in [9.17, 15) is 9.59 Å². The van der Waals surface area contributed by atoms with E-state index in [1.54, 1.807) is 27.8 Å². The van der Waals surface area contributed by atoms with Gasteiger partial charge in [-0.1, -0.05) is 18.2 Å². The Kier molecular flexibility index (Phi) is 6.49. The van der Waals surface area contributed by atoms with Gasteiger partial charge in [-0.25, -0.2) is 4.98 Å². The maximum Gasteiger partial charge on any atom is 0.259 e.